The number of carbonyl (C=O) groups is 1. The maximum atomic E-state index is 12.2. The molecule has 128 valence electrons. The molecule has 1 N–H and O–H groups in total. The molecule has 0 atom stereocenters. The first-order chi connectivity index (χ1) is 11.5. The van der Waals surface area contributed by atoms with Gasteiger partial charge < -0.3 is 15.0 Å². The molecule has 0 aromatic heterocycles. The standard InChI is InChI=1S/C20H26N2O2/c1-15(2)24-19-11-7-17(8-12-19)20(23)21-14-13-16-5-9-18(10-6-16)22(3)4/h5-12,15H,13-14H2,1-4H3,(H,21,23). The van der Waals surface area contributed by atoms with Crippen LogP contribution in [0.15, 0.2) is 48.5 Å². The van der Waals surface area contributed by atoms with Gasteiger partial charge in [-0.2, -0.15) is 0 Å². The molecule has 4 heteroatoms. The highest BCUT2D eigenvalue weighted by atomic mass is 16.5. The Morgan fingerprint density at radius 1 is 1.04 bits per heavy atom. The first-order valence-electron chi connectivity index (χ1n) is 8.27. The molecule has 0 saturated heterocycles. The average Bonchev–Trinajstić information content (AvgIpc) is 2.55. The minimum Gasteiger partial charge on any atom is -0.491 e. The van der Waals surface area contributed by atoms with Crippen molar-refractivity contribution in [1.29, 1.82) is 0 Å². The molecule has 0 heterocycles. The minimum absolute atomic E-state index is 0.0593. The van der Waals surface area contributed by atoms with Crippen molar-refractivity contribution in [3.8, 4) is 5.75 Å². The van der Waals surface area contributed by atoms with Crippen LogP contribution in [0, 0.1) is 0 Å². The first kappa shape index (κ1) is 17.9. The molecule has 2 aromatic rings. The third-order valence-electron chi connectivity index (χ3n) is 3.64. The molecule has 0 radical (unpaired) electrons. The van der Waals surface area contributed by atoms with Gasteiger partial charge in [0, 0.05) is 31.9 Å². The van der Waals surface area contributed by atoms with E-state index in [0.717, 1.165) is 12.2 Å². The van der Waals surface area contributed by atoms with Crippen molar-refractivity contribution in [2.75, 3.05) is 25.5 Å². The molecule has 0 aliphatic heterocycles. The molecule has 0 bridgehead atoms. The van der Waals surface area contributed by atoms with Crippen LogP contribution in [0.1, 0.15) is 29.8 Å². The summed E-state index contributed by atoms with van der Waals surface area (Å²) >= 11 is 0. The zero-order valence-electron chi connectivity index (χ0n) is 14.9. The van der Waals surface area contributed by atoms with Crippen molar-refractivity contribution in [3.05, 3.63) is 59.7 Å². The number of nitrogens with zero attached hydrogens (tertiary/aromatic N) is 1. The molecule has 1 amide bonds. The predicted octanol–water partition coefficient (Wildman–Crippen LogP) is 3.51. The average molecular weight is 326 g/mol. The van der Waals surface area contributed by atoms with Gasteiger partial charge in [0.05, 0.1) is 6.10 Å². The van der Waals surface area contributed by atoms with Crippen LogP contribution in [-0.4, -0.2) is 32.7 Å². The second kappa shape index (κ2) is 8.39. The Morgan fingerprint density at radius 2 is 1.67 bits per heavy atom. The molecule has 2 rings (SSSR count). The number of hydrogen-bond donors (Lipinski definition) is 1. The Labute approximate surface area is 144 Å². The van der Waals surface area contributed by atoms with Crippen LogP contribution in [-0.2, 0) is 6.42 Å². The van der Waals surface area contributed by atoms with Crippen LogP contribution in [0.5, 0.6) is 5.75 Å². The predicted molar refractivity (Wildman–Crippen MR) is 99.0 cm³/mol. The van der Waals surface area contributed by atoms with Crippen molar-refractivity contribution in [2.45, 2.75) is 26.4 Å². The van der Waals surface area contributed by atoms with Crippen molar-refractivity contribution >= 4 is 11.6 Å². The summed E-state index contributed by atoms with van der Waals surface area (Å²) in [4.78, 5) is 14.2. The topological polar surface area (TPSA) is 41.6 Å². The van der Waals surface area contributed by atoms with Gasteiger partial charge in [0.25, 0.3) is 5.91 Å². The van der Waals surface area contributed by atoms with Gasteiger partial charge in [0.1, 0.15) is 5.75 Å². The molecule has 0 aliphatic rings. The smallest absolute Gasteiger partial charge is 0.251 e. The van der Waals surface area contributed by atoms with Gasteiger partial charge in [-0.3, -0.25) is 4.79 Å². The van der Waals surface area contributed by atoms with Crippen LogP contribution in [0.4, 0.5) is 5.69 Å². The quantitative estimate of drug-likeness (QED) is 0.846. The van der Waals surface area contributed by atoms with E-state index in [1.807, 2.05) is 40.1 Å². The molecule has 0 aliphatic carbocycles. The maximum absolute atomic E-state index is 12.2. The Hall–Kier alpha value is -2.49. The van der Waals surface area contributed by atoms with Gasteiger partial charge in [-0.15, -0.1) is 0 Å². The van der Waals surface area contributed by atoms with E-state index in [1.54, 1.807) is 12.1 Å². The number of carbonyl (C=O) groups excluding carboxylic acids is 1. The van der Waals surface area contributed by atoms with E-state index in [1.165, 1.54) is 11.3 Å². The van der Waals surface area contributed by atoms with Crippen molar-refractivity contribution < 1.29 is 9.53 Å². The summed E-state index contributed by atoms with van der Waals surface area (Å²) < 4.78 is 5.58. The highest BCUT2D eigenvalue weighted by molar-refractivity contribution is 5.94. The SMILES string of the molecule is CC(C)Oc1ccc(C(=O)NCCc2ccc(N(C)C)cc2)cc1. The van der Waals surface area contributed by atoms with Crippen LogP contribution < -0.4 is 15.0 Å². The lowest BCUT2D eigenvalue weighted by atomic mass is 10.1. The van der Waals surface area contributed by atoms with Crippen molar-refractivity contribution in [3.63, 3.8) is 0 Å². The summed E-state index contributed by atoms with van der Waals surface area (Å²) in [6.45, 7) is 4.57. The van der Waals surface area contributed by atoms with E-state index in [-0.39, 0.29) is 12.0 Å². The Balaban J connectivity index is 1.82. The summed E-state index contributed by atoms with van der Waals surface area (Å²) in [7, 11) is 4.04. The van der Waals surface area contributed by atoms with Crippen LogP contribution in [0.3, 0.4) is 0 Å². The number of rotatable bonds is 7. The van der Waals surface area contributed by atoms with E-state index in [2.05, 4.69) is 34.5 Å². The van der Waals surface area contributed by atoms with Crippen LogP contribution >= 0.6 is 0 Å². The van der Waals surface area contributed by atoms with Gasteiger partial charge in [-0.25, -0.2) is 0 Å². The number of benzene rings is 2. The van der Waals surface area contributed by atoms with Gasteiger partial charge in [0.15, 0.2) is 0 Å². The second-order valence-electron chi connectivity index (χ2n) is 6.26. The van der Waals surface area contributed by atoms with E-state index < -0.39 is 0 Å². The molecule has 24 heavy (non-hydrogen) atoms. The summed E-state index contributed by atoms with van der Waals surface area (Å²) in [5.74, 6) is 0.721. The summed E-state index contributed by atoms with van der Waals surface area (Å²) in [6, 6.07) is 15.6. The van der Waals surface area contributed by atoms with Crippen LogP contribution in [0.25, 0.3) is 0 Å². The molecule has 0 unspecified atom stereocenters. The fourth-order valence-electron chi connectivity index (χ4n) is 2.34. The molecule has 0 spiro atoms. The normalized spacial score (nSPS) is 10.5. The molecular formula is C20H26N2O2. The lowest BCUT2D eigenvalue weighted by molar-refractivity contribution is 0.0954. The van der Waals surface area contributed by atoms with Gasteiger partial charge in [0.2, 0.25) is 0 Å². The van der Waals surface area contributed by atoms with Gasteiger partial charge in [-0.1, -0.05) is 12.1 Å². The number of nitrogens with one attached hydrogen (secondary N) is 1. The number of hydrogen-bond acceptors (Lipinski definition) is 3. The third-order valence-corrected chi connectivity index (χ3v) is 3.64. The molecule has 4 nitrogen and oxygen atoms in total. The van der Waals surface area contributed by atoms with Gasteiger partial charge in [-0.05, 0) is 62.2 Å². The minimum atomic E-state index is -0.0593. The molecule has 0 saturated carbocycles. The number of anilines is 1. The molecule has 2 aromatic carbocycles. The highest BCUT2D eigenvalue weighted by Crippen LogP contribution is 2.14. The van der Waals surface area contributed by atoms with Crippen LogP contribution in [0.2, 0.25) is 0 Å². The Bertz CT molecular complexity index is 646. The lowest BCUT2D eigenvalue weighted by Gasteiger charge is -2.13. The van der Waals surface area contributed by atoms with Gasteiger partial charge >= 0.3 is 0 Å². The van der Waals surface area contributed by atoms with Crippen molar-refractivity contribution in [1.82, 2.24) is 5.32 Å². The number of amides is 1. The lowest BCUT2D eigenvalue weighted by Crippen LogP contribution is -2.25. The summed E-state index contributed by atoms with van der Waals surface area (Å²) in [5.41, 5.74) is 3.03. The largest absolute Gasteiger partial charge is 0.491 e. The maximum Gasteiger partial charge on any atom is 0.251 e. The fraction of sp³-hybridized carbons (Fsp3) is 0.350. The zero-order valence-corrected chi connectivity index (χ0v) is 14.9. The fourth-order valence-corrected chi connectivity index (χ4v) is 2.34. The summed E-state index contributed by atoms with van der Waals surface area (Å²) in [5, 5.41) is 2.95. The first-order valence-corrected chi connectivity index (χ1v) is 8.27. The molecule has 0 fully saturated rings. The van der Waals surface area contributed by atoms with E-state index in [4.69, 9.17) is 4.74 Å². The van der Waals surface area contributed by atoms with E-state index in [0.29, 0.717) is 12.1 Å². The highest BCUT2D eigenvalue weighted by Gasteiger charge is 2.06. The number of ether oxygens (including phenoxy) is 1. The summed E-state index contributed by atoms with van der Waals surface area (Å²) in [6.07, 6.45) is 0.942. The molecular weight excluding hydrogens is 300 g/mol. The van der Waals surface area contributed by atoms with E-state index in [9.17, 15) is 4.79 Å². The Kier molecular flexibility index (Phi) is 6.24. The zero-order chi connectivity index (χ0) is 17.5. The van der Waals surface area contributed by atoms with E-state index >= 15 is 0 Å². The monoisotopic (exact) mass is 326 g/mol. The van der Waals surface area contributed by atoms with Crippen molar-refractivity contribution in [2.24, 2.45) is 0 Å². The Morgan fingerprint density at radius 3 is 2.21 bits per heavy atom. The third kappa shape index (κ3) is 5.30. The second-order valence-corrected chi connectivity index (χ2v) is 6.26.